The molecule has 2 atom stereocenters. The van der Waals surface area contributed by atoms with E-state index in [9.17, 15) is 9.59 Å². The Kier molecular flexibility index (Phi) is 7.74. The van der Waals surface area contributed by atoms with Crippen LogP contribution in [-0.2, 0) is 9.47 Å². The topological polar surface area (TPSA) is 52.6 Å². The molecule has 0 aromatic heterocycles. The summed E-state index contributed by atoms with van der Waals surface area (Å²) in [4.78, 5) is 26.9. The Morgan fingerprint density at radius 1 is 0.658 bits per heavy atom. The zero-order valence-corrected chi connectivity index (χ0v) is 24.2. The van der Waals surface area contributed by atoms with Gasteiger partial charge in [-0.1, -0.05) is 91.8 Å². The molecule has 2 unspecified atom stereocenters. The van der Waals surface area contributed by atoms with Crippen molar-refractivity contribution in [3.8, 4) is 22.3 Å². The van der Waals surface area contributed by atoms with Crippen LogP contribution in [0.2, 0.25) is 0 Å². The molecule has 0 saturated carbocycles. The Bertz CT molecular complexity index is 1250. The Labute approximate surface area is 227 Å². The minimum atomic E-state index is -0.480. The first-order valence-corrected chi connectivity index (χ1v) is 13.8. The lowest BCUT2D eigenvalue weighted by molar-refractivity contribution is 0.0376. The van der Waals surface area contributed by atoms with Crippen LogP contribution >= 0.6 is 0 Å². The zero-order chi connectivity index (χ0) is 27.8. The molecule has 0 aliphatic heterocycles. The molecule has 1 aliphatic rings. The molecule has 202 valence electrons. The van der Waals surface area contributed by atoms with Crippen molar-refractivity contribution in [3.63, 3.8) is 0 Å². The van der Waals surface area contributed by atoms with Gasteiger partial charge in [-0.25, -0.2) is 9.59 Å². The van der Waals surface area contributed by atoms with E-state index >= 15 is 0 Å². The second-order valence-electron chi connectivity index (χ2n) is 13.6. The number of hydrogen-bond donors (Lipinski definition) is 0. The third-order valence-corrected chi connectivity index (χ3v) is 7.00. The van der Waals surface area contributed by atoms with E-state index in [0.717, 1.165) is 45.9 Å². The lowest BCUT2D eigenvalue weighted by atomic mass is 9.86. The monoisotopic (exact) mass is 514 g/mol. The van der Waals surface area contributed by atoms with Crippen molar-refractivity contribution in [2.75, 3.05) is 13.2 Å². The SMILES string of the molecule is CC(COC(=O)c1cc2c(cc1C(=O)OCC(C)CC(C)(C)C)-c1cccc3cccc-2c13)CC(C)(C)C. The first-order valence-electron chi connectivity index (χ1n) is 13.8. The van der Waals surface area contributed by atoms with Gasteiger partial charge in [0.15, 0.2) is 0 Å². The Morgan fingerprint density at radius 2 is 1.05 bits per heavy atom. The molecule has 4 rings (SSSR count). The van der Waals surface area contributed by atoms with Crippen LogP contribution in [0.4, 0.5) is 0 Å². The summed E-state index contributed by atoms with van der Waals surface area (Å²) >= 11 is 0. The van der Waals surface area contributed by atoms with Gasteiger partial charge in [0, 0.05) is 0 Å². The molecule has 4 heteroatoms. The quantitative estimate of drug-likeness (QED) is 0.220. The van der Waals surface area contributed by atoms with Crippen LogP contribution in [0.3, 0.4) is 0 Å². The molecule has 0 spiro atoms. The lowest BCUT2D eigenvalue weighted by Gasteiger charge is -2.23. The second-order valence-corrected chi connectivity index (χ2v) is 13.6. The highest BCUT2D eigenvalue weighted by molar-refractivity contribution is 6.17. The van der Waals surface area contributed by atoms with Crippen molar-refractivity contribution in [2.45, 2.75) is 68.2 Å². The molecular weight excluding hydrogens is 472 g/mol. The maximum Gasteiger partial charge on any atom is 0.339 e. The van der Waals surface area contributed by atoms with Gasteiger partial charge in [-0.3, -0.25) is 0 Å². The van der Waals surface area contributed by atoms with Gasteiger partial charge < -0.3 is 9.47 Å². The average Bonchev–Trinajstić information content (AvgIpc) is 3.13. The molecular formula is C34H42O4. The van der Waals surface area contributed by atoms with Gasteiger partial charge in [-0.2, -0.15) is 0 Å². The van der Waals surface area contributed by atoms with E-state index in [-0.39, 0.29) is 33.8 Å². The van der Waals surface area contributed by atoms with Crippen LogP contribution in [0.15, 0.2) is 48.5 Å². The maximum atomic E-state index is 13.5. The third-order valence-electron chi connectivity index (χ3n) is 7.00. The van der Waals surface area contributed by atoms with Gasteiger partial charge in [0.1, 0.15) is 0 Å². The number of carbonyl (C=O) groups is 2. The molecule has 0 amide bonds. The minimum Gasteiger partial charge on any atom is -0.462 e. The van der Waals surface area contributed by atoms with Crippen molar-refractivity contribution in [3.05, 3.63) is 59.7 Å². The summed E-state index contributed by atoms with van der Waals surface area (Å²) < 4.78 is 11.6. The van der Waals surface area contributed by atoms with Crippen molar-refractivity contribution in [1.82, 2.24) is 0 Å². The average molecular weight is 515 g/mol. The van der Waals surface area contributed by atoms with E-state index in [1.807, 2.05) is 24.3 Å². The number of carbonyl (C=O) groups excluding carboxylic acids is 2. The summed E-state index contributed by atoms with van der Waals surface area (Å²) in [5.74, 6) is -0.544. The molecule has 0 heterocycles. The summed E-state index contributed by atoms with van der Waals surface area (Å²) in [6, 6.07) is 16.0. The normalized spacial score (nSPS) is 14.2. The molecule has 1 aliphatic carbocycles. The first-order chi connectivity index (χ1) is 17.7. The van der Waals surface area contributed by atoms with Crippen molar-refractivity contribution in [2.24, 2.45) is 22.7 Å². The van der Waals surface area contributed by atoms with Crippen molar-refractivity contribution in [1.29, 1.82) is 0 Å². The summed E-state index contributed by atoms with van der Waals surface area (Å²) in [6.45, 7) is 17.9. The van der Waals surface area contributed by atoms with Crippen LogP contribution in [0, 0.1) is 22.7 Å². The van der Waals surface area contributed by atoms with E-state index < -0.39 is 11.9 Å². The standard InChI is InChI=1S/C34H42O4/c1-21(17-33(3,4)5)19-37-31(35)28-15-26-24-13-9-11-23-12-10-14-25(30(23)24)27(26)16-29(28)32(36)38-20-22(2)18-34(6,7)8/h9-16,21-22H,17-20H2,1-8H3. The number of fused-ring (bicyclic) bond motifs is 3. The van der Waals surface area contributed by atoms with Crippen molar-refractivity contribution >= 4 is 22.7 Å². The van der Waals surface area contributed by atoms with Gasteiger partial charge in [-0.05, 0) is 80.7 Å². The summed E-state index contributed by atoms with van der Waals surface area (Å²) in [7, 11) is 0. The van der Waals surface area contributed by atoms with E-state index in [4.69, 9.17) is 9.47 Å². The van der Waals surface area contributed by atoms with E-state index in [1.54, 1.807) is 0 Å². The van der Waals surface area contributed by atoms with Crippen LogP contribution in [0.5, 0.6) is 0 Å². The third kappa shape index (κ3) is 6.28. The van der Waals surface area contributed by atoms with Gasteiger partial charge >= 0.3 is 11.9 Å². The highest BCUT2D eigenvalue weighted by Gasteiger charge is 2.29. The molecule has 0 N–H and O–H groups in total. The highest BCUT2D eigenvalue weighted by atomic mass is 16.5. The number of ether oxygens (including phenoxy) is 2. The molecule has 38 heavy (non-hydrogen) atoms. The minimum absolute atomic E-state index is 0.141. The Balaban J connectivity index is 1.68. The first kappa shape index (κ1) is 27.9. The van der Waals surface area contributed by atoms with Crippen LogP contribution in [0.1, 0.15) is 88.9 Å². The number of esters is 2. The Hall–Kier alpha value is -3.14. The molecule has 0 bridgehead atoms. The van der Waals surface area contributed by atoms with Crippen molar-refractivity contribution < 1.29 is 19.1 Å². The molecule has 0 saturated heterocycles. The zero-order valence-electron chi connectivity index (χ0n) is 24.2. The Morgan fingerprint density at radius 3 is 1.42 bits per heavy atom. The summed E-state index contributed by atoms with van der Waals surface area (Å²) in [5.41, 5.74) is 4.86. The predicted molar refractivity (Wildman–Crippen MR) is 155 cm³/mol. The number of hydrogen-bond acceptors (Lipinski definition) is 4. The molecule has 3 aromatic carbocycles. The fourth-order valence-corrected chi connectivity index (χ4v) is 5.97. The number of rotatable bonds is 8. The van der Waals surface area contributed by atoms with E-state index in [2.05, 4.69) is 79.7 Å². The van der Waals surface area contributed by atoms with Crippen LogP contribution in [0.25, 0.3) is 33.0 Å². The van der Waals surface area contributed by atoms with Gasteiger partial charge in [0.25, 0.3) is 0 Å². The lowest BCUT2D eigenvalue weighted by Crippen LogP contribution is -2.21. The molecule has 3 aromatic rings. The largest absolute Gasteiger partial charge is 0.462 e. The van der Waals surface area contributed by atoms with E-state index in [1.165, 1.54) is 0 Å². The highest BCUT2D eigenvalue weighted by Crippen LogP contribution is 2.48. The van der Waals surface area contributed by atoms with Gasteiger partial charge in [-0.15, -0.1) is 0 Å². The fraction of sp³-hybridized carbons (Fsp3) is 0.471. The number of benzene rings is 3. The summed E-state index contributed by atoms with van der Waals surface area (Å²) in [6.07, 6.45) is 1.87. The van der Waals surface area contributed by atoms with Crippen LogP contribution in [-0.4, -0.2) is 25.2 Å². The van der Waals surface area contributed by atoms with E-state index in [0.29, 0.717) is 13.2 Å². The smallest absolute Gasteiger partial charge is 0.339 e. The summed E-state index contributed by atoms with van der Waals surface area (Å²) in [5, 5.41) is 2.28. The molecule has 0 radical (unpaired) electrons. The fourth-order valence-electron chi connectivity index (χ4n) is 5.97. The molecule has 0 fully saturated rings. The van der Waals surface area contributed by atoms with Gasteiger partial charge in [0.05, 0.1) is 24.3 Å². The molecule has 4 nitrogen and oxygen atoms in total. The van der Waals surface area contributed by atoms with Crippen LogP contribution < -0.4 is 0 Å². The second kappa shape index (κ2) is 10.6. The predicted octanol–water partition coefficient (Wildman–Crippen LogP) is 8.95. The van der Waals surface area contributed by atoms with Gasteiger partial charge in [0.2, 0.25) is 0 Å². The maximum absolute atomic E-state index is 13.5.